The fourth-order valence-corrected chi connectivity index (χ4v) is 5.18. The Hall–Kier alpha value is -2.62. The second-order valence-electron chi connectivity index (χ2n) is 10.8. The summed E-state index contributed by atoms with van der Waals surface area (Å²) in [6, 6.07) is 14.4. The quantitative estimate of drug-likeness (QED) is 0.333. The van der Waals surface area contributed by atoms with E-state index in [0.29, 0.717) is 13.2 Å². The van der Waals surface area contributed by atoms with Gasteiger partial charge in [-0.15, -0.1) is 0 Å². The van der Waals surface area contributed by atoms with E-state index in [2.05, 4.69) is 9.80 Å². The van der Waals surface area contributed by atoms with Gasteiger partial charge in [-0.1, -0.05) is 7.43 Å². The molecule has 5 rings (SSSR count). The van der Waals surface area contributed by atoms with Gasteiger partial charge in [-0.3, -0.25) is 18.6 Å². The number of hydrogen-bond acceptors (Lipinski definition) is 7. The average Bonchev–Trinajstić information content (AvgIpc) is 3.65. The number of benzene rings is 2. The maximum Gasteiger partial charge on any atom is 0.199 e. The number of ether oxygens (including phenoxy) is 4. The van der Waals surface area contributed by atoms with E-state index in [-0.39, 0.29) is 44.7 Å². The van der Waals surface area contributed by atoms with E-state index >= 15 is 0 Å². The number of nitrogens with zero attached hydrogens (tertiary/aromatic N) is 2. The van der Waals surface area contributed by atoms with Crippen molar-refractivity contribution < 1.29 is 32.8 Å². The summed E-state index contributed by atoms with van der Waals surface area (Å²) in [5.41, 5.74) is 0. The summed E-state index contributed by atoms with van der Waals surface area (Å²) in [6.45, 7) is 6.92. The van der Waals surface area contributed by atoms with Crippen LogP contribution in [0.25, 0.3) is 0 Å². The lowest BCUT2D eigenvalue weighted by atomic mass is 10.1. The third-order valence-corrected chi connectivity index (χ3v) is 7.59. The molecular weight excluding hydrogens is 530 g/mol. The first-order chi connectivity index (χ1) is 19.6. The average molecular weight is 579 g/mol. The van der Waals surface area contributed by atoms with Gasteiger partial charge in [-0.2, -0.15) is 0 Å². The van der Waals surface area contributed by atoms with Crippen molar-refractivity contribution in [3.63, 3.8) is 0 Å². The van der Waals surface area contributed by atoms with Crippen molar-refractivity contribution in [2.45, 2.75) is 45.8 Å². The lowest BCUT2D eigenvalue weighted by molar-refractivity contribution is -0.105. The highest BCUT2D eigenvalue weighted by molar-refractivity contribution is 5.31. The highest BCUT2D eigenvalue weighted by Gasteiger charge is 2.22. The fourth-order valence-electron chi connectivity index (χ4n) is 5.18. The van der Waals surface area contributed by atoms with Gasteiger partial charge in [-0.25, -0.2) is 0 Å². The van der Waals surface area contributed by atoms with E-state index in [1.807, 2.05) is 24.3 Å². The molecule has 3 aliphatic rings. The van der Waals surface area contributed by atoms with Gasteiger partial charge in [0.05, 0.1) is 20.0 Å². The molecule has 0 spiro atoms. The van der Waals surface area contributed by atoms with Gasteiger partial charge in [0, 0.05) is 44.4 Å². The summed E-state index contributed by atoms with van der Waals surface area (Å²) in [5.74, 6) is 3.07. The van der Waals surface area contributed by atoms with Crippen LogP contribution in [-0.2, 0) is 4.74 Å². The largest absolute Gasteiger partial charge is 0.508 e. The van der Waals surface area contributed by atoms with Crippen LogP contribution in [0.1, 0.15) is 39.5 Å². The number of phenols is 1. The highest BCUT2D eigenvalue weighted by atomic mass is 19.1. The van der Waals surface area contributed by atoms with Crippen LogP contribution in [0.3, 0.4) is 0 Å². The first-order valence-electron chi connectivity index (χ1n) is 14.6. The standard InChI is InChI=1S/C18H26FNO3.C13H18FNO2.CH4/c19-13-15-8-9-20(14-15)10-12-21-16-4-6-17(7-5-16)23-18-3-1-2-11-22-18;14-9-11-5-6-15(10-11)7-8-17-13-3-1-12(16)2-4-13;/h4-7,15,18H,1-3,8-14H2;1-4,11,16H,5-10H2;1H4/t15-,18?;11-;/m00./s1. The van der Waals surface area contributed by atoms with Gasteiger partial charge in [0.2, 0.25) is 0 Å². The molecule has 0 saturated carbocycles. The molecule has 3 saturated heterocycles. The molecule has 0 aromatic heterocycles. The Labute approximate surface area is 244 Å². The molecular formula is C32H48F2N2O5. The van der Waals surface area contributed by atoms with Gasteiger partial charge >= 0.3 is 0 Å². The molecule has 41 heavy (non-hydrogen) atoms. The fraction of sp³-hybridized carbons (Fsp3) is 0.625. The Kier molecular flexibility index (Phi) is 14.5. The molecule has 0 aliphatic carbocycles. The van der Waals surface area contributed by atoms with Crippen LogP contribution in [0.15, 0.2) is 48.5 Å². The van der Waals surface area contributed by atoms with Crippen LogP contribution in [0.2, 0.25) is 0 Å². The smallest absolute Gasteiger partial charge is 0.199 e. The van der Waals surface area contributed by atoms with E-state index in [0.717, 1.165) is 95.2 Å². The third kappa shape index (κ3) is 11.6. The number of alkyl halides is 2. The van der Waals surface area contributed by atoms with E-state index in [1.54, 1.807) is 24.3 Å². The highest BCUT2D eigenvalue weighted by Crippen LogP contribution is 2.23. The normalized spacial score (nSPS) is 22.8. The summed E-state index contributed by atoms with van der Waals surface area (Å²) in [4.78, 5) is 4.49. The second-order valence-corrected chi connectivity index (χ2v) is 10.8. The zero-order valence-electron chi connectivity index (χ0n) is 23.4. The minimum absolute atomic E-state index is 0. The number of phenolic OH excluding ortho intramolecular Hbond substituents is 1. The summed E-state index contributed by atoms with van der Waals surface area (Å²) in [6.07, 6.45) is 5.03. The summed E-state index contributed by atoms with van der Waals surface area (Å²) in [5, 5.41) is 9.11. The number of halogens is 2. The maximum absolute atomic E-state index is 12.6. The topological polar surface area (TPSA) is 63.6 Å². The van der Waals surface area contributed by atoms with Gasteiger partial charge in [0.1, 0.15) is 36.2 Å². The summed E-state index contributed by atoms with van der Waals surface area (Å²) in [7, 11) is 0. The summed E-state index contributed by atoms with van der Waals surface area (Å²) >= 11 is 0. The van der Waals surface area contributed by atoms with Crippen LogP contribution in [-0.4, -0.2) is 93.6 Å². The Bertz CT molecular complexity index is 960. The van der Waals surface area contributed by atoms with Gasteiger partial charge in [-0.05, 0) is 87.3 Å². The molecule has 3 heterocycles. The predicted octanol–water partition coefficient (Wildman–Crippen LogP) is 5.96. The van der Waals surface area contributed by atoms with Crippen molar-refractivity contribution in [3.8, 4) is 23.0 Å². The molecule has 2 aromatic carbocycles. The zero-order valence-corrected chi connectivity index (χ0v) is 23.4. The Morgan fingerprint density at radius 2 is 1.24 bits per heavy atom. The molecule has 2 aromatic rings. The van der Waals surface area contributed by atoms with Gasteiger partial charge in [0.15, 0.2) is 6.29 Å². The van der Waals surface area contributed by atoms with Crippen molar-refractivity contribution in [2.75, 3.05) is 72.4 Å². The van der Waals surface area contributed by atoms with Crippen molar-refractivity contribution in [1.82, 2.24) is 9.80 Å². The molecule has 7 nitrogen and oxygen atoms in total. The lowest BCUT2D eigenvalue weighted by Gasteiger charge is -2.23. The Morgan fingerprint density at radius 3 is 1.71 bits per heavy atom. The second kappa shape index (κ2) is 18.0. The van der Waals surface area contributed by atoms with Gasteiger partial charge < -0.3 is 24.1 Å². The van der Waals surface area contributed by atoms with Crippen LogP contribution in [0.4, 0.5) is 8.78 Å². The van der Waals surface area contributed by atoms with Crippen LogP contribution in [0, 0.1) is 11.8 Å². The van der Waals surface area contributed by atoms with Crippen molar-refractivity contribution in [3.05, 3.63) is 48.5 Å². The summed E-state index contributed by atoms with van der Waals surface area (Å²) < 4.78 is 47.7. The van der Waals surface area contributed by atoms with Gasteiger partial charge in [0.25, 0.3) is 0 Å². The molecule has 1 N–H and O–H groups in total. The molecule has 1 unspecified atom stereocenters. The molecule has 0 bridgehead atoms. The third-order valence-electron chi connectivity index (χ3n) is 7.59. The van der Waals surface area contributed by atoms with E-state index < -0.39 is 0 Å². The molecule has 0 radical (unpaired) electrons. The minimum atomic E-state index is -0.213. The number of hydrogen-bond donors (Lipinski definition) is 1. The van der Waals surface area contributed by atoms with E-state index in [9.17, 15) is 8.78 Å². The van der Waals surface area contributed by atoms with Crippen LogP contribution in [0.5, 0.6) is 23.0 Å². The molecule has 230 valence electrons. The number of likely N-dealkylation sites (tertiary alicyclic amines) is 2. The molecule has 9 heteroatoms. The Morgan fingerprint density at radius 1 is 0.732 bits per heavy atom. The van der Waals surface area contributed by atoms with Crippen molar-refractivity contribution >= 4 is 0 Å². The molecule has 3 atom stereocenters. The lowest BCUT2D eigenvalue weighted by Crippen LogP contribution is -2.26. The zero-order chi connectivity index (χ0) is 28.0. The molecule has 3 aliphatic heterocycles. The van der Waals surface area contributed by atoms with Crippen LogP contribution >= 0.6 is 0 Å². The van der Waals surface area contributed by atoms with Crippen molar-refractivity contribution in [1.29, 1.82) is 0 Å². The predicted molar refractivity (Wildman–Crippen MR) is 158 cm³/mol. The first-order valence-corrected chi connectivity index (χ1v) is 14.6. The van der Waals surface area contributed by atoms with Crippen molar-refractivity contribution in [2.24, 2.45) is 11.8 Å². The van der Waals surface area contributed by atoms with E-state index in [4.69, 9.17) is 24.1 Å². The monoisotopic (exact) mass is 578 g/mol. The maximum atomic E-state index is 12.6. The first kappa shape index (κ1) is 32.9. The van der Waals surface area contributed by atoms with Crippen LogP contribution < -0.4 is 14.2 Å². The number of rotatable bonds is 12. The number of aromatic hydroxyl groups is 1. The minimum Gasteiger partial charge on any atom is -0.508 e. The molecule has 0 amide bonds. The molecule has 3 fully saturated rings. The van der Waals surface area contributed by atoms with E-state index in [1.165, 1.54) is 0 Å². The Balaban J connectivity index is 0.000000230. The SMILES string of the molecule is C.FC[C@@H]1CCN(CCOc2ccc(OC3CCCCO3)cc2)C1.Oc1ccc(OCCN2CC[C@@H](CF)C2)cc1.